The van der Waals surface area contributed by atoms with E-state index in [9.17, 15) is 0 Å². The monoisotopic (exact) mass is 281 g/mol. The van der Waals surface area contributed by atoms with Crippen LogP contribution >= 0.6 is 0 Å². The van der Waals surface area contributed by atoms with E-state index in [1.54, 1.807) is 0 Å². The van der Waals surface area contributed by atoms with E-state index in [2.05, 4.69) is 61.0 Å². The third-order valence-electron chi connectivity index (χ3n) is 6.68. The van der Waals surface area contributed by atoms with Crippen molar-refractivity contribution in [3.8, 4) is 0 Å². The van der Waals surface area contributed by atoms with Crippen LogP contribution in [0, 0.1) is 35.0 Å². The molecule has 1 nitrogen and oxygen atoms in total. The molecule has 0 saturated heterocycles. The summed E-state index contributed by atoms with van der Waals surface area (Å²) in [6, 6.07) is 0. The Balaban J connectivity index is 1.71. The van der Waals surface area contributed by atoms with E-state index in [-0.39, 0.29) is 0 Å². The predicted octanol–water partition coefficient (Wildman–Crippen LogP) is 4.11. The normalized spacial score (nSPS) is 45.7. The summed E-state index contributed by atoms with van der Waals surface area (Å²) in [5, 5.41) is 3.34. The minimum atomic E-state index is 0.503. The first kappa shape index (κ1) is 13.6. The third kappa shape index (κ3) is 1.93. The highest BCUT2D eigenvalue weighted by Gasteiger charge is 2.59. The molecule has 0 aromatic heterocycles. The SMILES string of the molecule is CNCCCC12CCC(C3C=CC=CC31)C1C=CC=CC12. The highest BCUT2D eigenvalue weighted by atomic mass is 14.8. The van der Waals surface area contributed by atoms with Gasteiger partial charge >= 0.3 is 0 Å². The van der Waals surface area contributed by atoms with Crippen molar-refractivity contribution in [1.82, 2.24) is 5.32 Å². The van der Waals surface area contributed by atoms with Crippen molar-refractivity contribution in [3.05, 3.63) is 48.6 Å². The van der Waals surface area contributed by atoms with E-state index in [4.69, 9.17) is 0 Å². The van der Waals surface area contributed by atoms with E-state index < -0.39 is 0 Å². The maximum Gasteiger partial charge on any atom is -0.00517 e. The van der Waals surface area contributed by atoms with Crippen molar-refractivity contribution in [2.45, 2.75) is 25.7 Å². The Bertz CT molecular complexity index is 474. The standard InChI is InChI=1S/C20H27N/c1-21-14-6-12-20-13-11-15(16-7-2-4-9-18(16)20)17-8-3-5-10-19(17)20/h2-5,7-10,15-19,21H,6,11-14H2,1H3. The summed E-state index contributed by atoms with van der Waals surface area (Å²) in [4.78, 5) is 0. The van der Waals surface area contributed by atoms with Crippen LogP contribution < -0.4 is 5.32 Å². The van der Waals surface area contributed by atoms with Gasteiger partial charge in [0.05, 0.1) is 0 Å². The van der Waals surface area contributed by atoms with Gasteiger partial charge in [-0.15, -0.1) is 0 Å². The zero-order chi connectivity index (χ0) is 14.3. The van der Waals surface area contributed by atoms with Crippen molar-refractivity contribution >= 4 is 0 Å². The van der Waals surface area contributed by atoms with Gasteiger partial charge in [-0.3, -0.25) is 0 Å². The van der Waals surface area contributed by atoms with Crippen molar-refractivity contribution in [1.29, 1.82) is 0 Å². The smallest absolute Gasteiger partial charge is 0.00517 e. The van der Waals surface area contributed by atoms with Gasteiger partial charge in [0.15, 0.2) is 0 Å². The summed E-state index contributed by atoms with van der Waals surface area (Å²) in [6.07, 6.45) is 24.9. The van der Waals surface area contributed by atoms with E-state index >= 15 is 0 Å². The maximum atomic E-state index is 3.34. The van der Waals surface area contributed by atoms with Gasteiger partial charge in [0.25, 0.3) is 0 Å². The Kier molecular flexibility index (Phi) is 3.41. The van der Waals surface area contributed by atoms with Crippen LogP contribution in [0.2, 0.25) is 0 Å². The summed E-state index contributed by atoms with van der Waals surface area (Å²) in [5.74, 6) is 3.99. The van der Waals surface area contributed by atoms with Crippen molar-refractivity contribution in [3.63, 3.8) is 0 Å². The number of fused-ring (bicyclic) bond motifs is 1. The van der Waals surface area contributed by atoms with Crippen LogP contribution in [-0.4, -0.2) is 13.6 Å². The van der Waals surface area contributed by atoms with E-state index in [1.807, 2.05) is 0 Å². The molecule has 0 aliphatic heterocycles. The van der Waals surface area contributed by atoms with Gasteiger partial charge in [0, 0.05) is 0 Å². The highest BCUT2D eigenvalue weighted by molar-refractivity contribution is 5.30. The Morgan fingerprint density at radius 2 is 1.57 bits per heavy atom. The topological polar surface area (TPSA) is 12.0 Å². The van der Waals surface area contributed by atoms with Crippen LogP contribution in [0.15, 0.2) is 48.6 Å². The molecule has 112 valence electrons. The number of hydrogen-bond donors (Lipinski definition) is 1. The van der Waals surface area contributed by atoms with Crippen LogP contribution in [0.1, 0.15) is 25.7 Å². The molecule has 2 bridgehead atoms. The molecule has 5 rings (SSSR count). The molecule has 0 aromatic rings. The Labute approximate surface area is 128 Å². The average molecular weight is 281 g/mol. The third-order valence-corrected chi connectivity index (χ3v) is 6.68. The molecule has 1 heteroatoms. The molecular weight excluding hydrogens is 254 g/mol. The molecule has 0 amide bonds. The molecule has 21 heavy (non-hydrogen) atoms. The quantitative estimate of drug-likeness (QED) is 0.765. The molecule has 3 saturated carbocycles. The minimum Gasteiger partial charge on any atom is -0.320 e. The Hall–Kier alpha value is -1.08. The summed E-state index contributed by atoms with van der Waals surface area (Å²) in [5.41, 5.74) is 0.503. The van der Waals surface area contributed by atoms with Crippen molar-refractivity contribution in [2.24, 2.45) is 35.0 Å². The molecule has 3 fully saturated rings. The molecule has 5 aliphatic rings. The first-order valence-electron chi connectivity index (χ1n) is 8.71. The lowest BCUT2D eigenvalue weighted by Gasteiger charge is -2.63. The number of allylic oxidation sites excluding steroid dienone is 8. The van der Waals surface area contributed by atoms with Crippen LogP contribution in [0.5, 0.6) is 0 Å². The van der Waals surface area contributed by atoms with Crippen LogP contribution in [0.3, 0.4) is 0 Å². The minimum absolute atomic E-state index is 0.503. The molecule has 0 heterocycles. The molecule has 0 aromatic carbocycles. The number of rotatable bonds is 4. The van der Waals surface area contributed by atoms with Gasteiger partial charge in [-0.2, -0.15) is 0 Å². The molecule has 4 unspecified atom stereocenters. The van der Waals surface area contributed by atoms with E-state index in [0.29, 0.717) is 5.41 Å². The molecular formula is C20H27N. The second-order valence-corrected chi connectivity index (χ2v) is 7.39. The molecule has 5 aliphatic carbocycles. The first-order chi connectivity index (χ1) is 10.4. The number of nitrogens with one attached hydrogen (secondary N) is 1. The molecule has 0 spiro atoms. The zero-order valence-electron chi connectivity index (χ0n) is 13.0. The molecule has 4 atom stereocenters. The summed E-state index contributed by atoms with van der Waals surface area (Å²) in [7, 11) is 2.08. The Morgan fingerprint density at radius 3 is 2.19 bits per heavy atom. The van der Waals surface area contributed by atoms with Gasteiger partial charge in [-0.1, -0.05) is 48.6 Å². The summed E-state index contributed by atoms with van der Waals surface area (Å²) >= 11 is 0. The second-order valence-electron chi connectivity index (χ2n) is 7.39. The zero-order valence-corrected chi connectivity index (χ0v) is 13.0. The number of hydrogen-bond acceptors (Lipinski definition) is 1. The van der Waals surface area contributed by atoms with Crippen LogP contribution in [0.25, 0.3) is 0 Å². The van der Waals surface area contributed by atoms with Crippen LogP contribution in [-0.2, 0) is 0 Å². The van der Waals surface area contributed by atoms with Gasteiger partial charge in [-0.25, -0.2) is 0 Å². The fourth-order valence-electron chi connectivity index (χ4n) is 5.90. The first-order valence-corrected chi connectivity index (χ1v) is 8.71. The van der Waals surface area contributed by atoms with Gasteiger partial charge in [0.1, 0.15) is 0 Å². The average Bonchev–Trinajstić information content (AvgIpc) is 2.56. The van der Waals surface area contributed by atoms with Crippen LogP contribution in [0.4, 0.5) is 0 Å². The lowest BCUT2D eigenvalue weighted by Crippen LogP contribution is -2.57. The predicted molar refractivity (Wildman–Crippen MR) is 88.8 cm³/mol. The van der Waals surface area contributed by atoms with E-state index in [0.717, 1.165) is 36.1 Å². The van der Waals surface area contributed by atoms with Gasteiger partial charge < -0.3 is 5.32 Å². The highest BCUT2D eigenvalue weighted by Crippen LogP contribution is 2.66. The van der Waals surface area contributed by atoms with E-state index in [1.165, 1.54) is 25.7 Å². The maximum absolute atomic E-state index is 3.34. The summed E-state index contributed by atoms with van der Waals surface area (Å²) in [6.45, 7) is 1.15. The lowest BCUT2D eigenvalue weighted by molar-refractivity contribution is -0.0901. The van der Waals surface area contributed by atoms with Crippen molar-refractivity contribution < 1.29 is 0 Å². The van der Waals surface area contributed by atoms with Crippen molar-refractivity contribution in [2.75, 3.05) is 13.6 Å². The largest absolute Gasteiger partial charge is 0.320 e. The van der Waals surface area contributed by atoms with Gasteiger partial charge in [-0.05, 0) is 74.3 Å². The second kappa shape index (κ2) is 5.28. The fourth-order valence-corrected chi connectivity index (χ4v) is 5.90. The lowest BCUT2D eigenvalue weighted by atomic mass is 9.41. The summed E-state index contributed by atoms with van der Waals surface area (Å²) < 4.78 is 0. The van der Waals surface area contributed by atoms with Gasteiger partial charge in [0.2, 0.25) is 0 Å². The fraction of sp³-hybridized carbons (Fsp3) is 0.600. The Morgan fingerprint density at radius 1 is 0.952 bits per heavy atom. The molecule has 0 radical (unpaired) electrons. The molecule has 1 N–H and O–H groups in total.